The largest absolute Gasteiger partial charge is 0.386 e. The van der Waals surface area contributed by atoms with Gasteiger partial charge in [-0.25, -0.2) is 4.98 Å². The van der Waals surface area contributed by atoms with Gasteiger partial charge < -0.3 is 10.1 Å². The van der Waals surface area contributed by atoms with Crippen LogP contribution >= 0.6 is 0 Å². The molecule has 0 aromatic carbocycles. The molecule has 0 aliphatic heterocycles. The summed E-state index contributed by atoms with van der Waals surface area (Å²) in [6.07, 6.45) is 10.3. The van der Waals surface area contributed by atoms with E-state index in [1.807, 2.05) is 18.3 Å². The second-order valence-electron chi connectivity index (χ2n) is 6.33. The topological polar surface area (TPSA) is 78.9 Å². The van der Waals surface area contributed by atoms with Crippen LogP contribution in [0.3, 0.4) is 0 Å². The average molecular weight is 321 g/mol. The fourth-order valence-corrected chi connectivity index (χ4v) is 2.46. The van der Waals surface area contributed by atoms with Crippen LogP contribution in [0.25, 0.3) is 28.2 Å². The molecule has 3 aromatic rings. The predicted octanol–water partition coefficient (Wildman–Crippen LogP) is 3.45. The average Bonchev–Trinajstić information content (AvgIpc) is 2.94. The van der Waals surface area contributed by atoms with Crippen molar-refractivity contribution in [1.82, 2.24) is 15.0 Å². The Morgan fingerprint density at radius 1 is 1.21 bits per heavy atom. The summed E-state index contributed by atoms with van der Waals surface area (Å²) in [5.41, 5.74) is 3.23. The first-order valence-corrected chi connectivity index (χ1v) is 7.68. The molecule has 3 aromatic heterocycles. The lowest BCUT2D eigenvalue weighted by Gasteiger charge is -2.17. The number of fused-ring (bicyclic) bond motifs is 1. The Labute approximate surface area is 140 Å². The summed E-state index contributed by atoms with van der Waals surface area (Å²) in [6.45, 7) is 4.97. The monoisotopic (exact) mass is 321 g/mol. The van der Waals surface area contributed by atoms with Gasteiger partial charge in [-0.15, -0.1) is 0 Å². The van der Waals surface area contributed by atoms with Crippen molar-refractivity contribution in [1.29, 1.82) is 0 Å². The maximum Gasteiger partial charge on any atom is 0.152 e. The molecular formula is C19H19N3O2. The normalized spacial score (nSPS) is 12.2. The van der Waals surface area contributed by atoms with Gasteiger partial charge >= 0.3 is 0 Å². The van der Waals surface area contributed by atoms with Crippen LogP contribution in [0, 0.1) is 0 Å². The first-order chi connectivity index (χ1) is 11.3. The molecule has 0 amide bonds. The molecule has 0 radical (unpaired) electrons. The Balaban J connectivity index is 2.08. The number of aromatic nitrogens is 3. The lowest BCUT2D eigenvalue weighted by molar-refractivity contribution is -0.112. The molecule has 5 heteroatoms. The van der Waals surface area contributed by atoms with Crippen LogP contribution in [0.15, 0.2) is 43.0 Å². The molecule has 2 N–H and O–H groups in total. The number of rotatable bonds is 4. The van der Waals surface area contributed by atoms with Crippen LogP contribution < -0.4 is 0 Å². The van der Waals surface area contributed by atoms with E-state index in [1.54, 1.807) is 38.5 Å². The van der Waals surface area contributed by atoms with Crippen molar-refractivity contribution in [2.24, 2.45) is 0 Å². The van der Waals surface area contributed by atoms with Crippen LogP contribution in [0.4, 0.5) is 0 Å². The number of aromatic amines is 1. The second-order valence-corrected chi connectivity index (χ2v) is 6.33. The van der Waals surface area contributed by atoms with Gasteiger partial charge in [-0.05, 0) is 45.1 Å². The van der Waals surface area contributed by atoms with Crippen molar-refractivity contribution in [3.8, 4) is 11.1 Å². The molecule has 3 heterocycles. The minimum atomic E-state index is -0.954. The number of H-pyrrole nitrogens is 1. The summed E-state index contributed by atoms with van der Waals surface area (Å²) in [5, 5.41) is 11.1. The molecule has 5 nitrogen and oxygen atoms in total. The van der Waals surface area contributed by atoms with Crippen LogP contribution in [0.1, 0.15) is 31.9 Å². The highest BCUT2D eigenvalue weighted by Crippen LogP contribution is 2.28. The van der Waals surface area contributed by atoms with E-state index in [4.69, 9.17) is 0 Å². The standard InChI is InChI=1S/C19H19N3O2/c1-12(23)4-5-13-9-21-18-17(13)7-15(10-22-18)14-6-16(11-20-8-14)19(2,3)24/h4-11,24H,1-3H3,(H,21,22)/b5-4+. The molecule has 0 spiro atoms. The summed E-state index contributed by atoms with van der Waals surface area (Å²) in [4.78, 5) is 22.9. The van der Waals surface area contributed by atoms with Crippen molar-refractivity contribution in [2.75, 3.05) is 0 Å². The molecule has 0 saturated carbocycles. The Morgan fingerprint density at radius 3 is 2.67 bits per heavy atom. The number of aliphatic hydroxyl groups is 1. The Kier molecular flexibility index (Phi) is 4.03. The number of hydrogen-bond donors (Lipinski definition) is 2. The van der Waals surface area contributed by atoms with E-state index in [9.17, 15) is 9.90 Å². The fraction of sp³-hybridized carbons (Fsp3) is 0.211. The summed E-state index contributed by atoms with van der Waals surface area (Å²) in [6, 6.07) is 3.91. The van der Waals surface area contributed by atoms with E-state index in [0.717, 1.165) is 33.3 Å². The second kappa shape index (κ2) is 6.02. The molecule has 0 saturated heterocycles. The summed E-state index contributed by atoms with van der Waals surface area (Å²) >= 11 is 0. The molecule has 24 heavy (non-hydrogen) atoms. The summed E-state index contributed by atoms with van der Waals surface area (Å²) in [7, 11) is 0. The number of allylic oxidation sites excluding steroid dienone is 1. The van der Waals surface area contributed by atoms with Crippen LogP contribution in [0.2, 0.25) is 0 Å². The van der Waals surface area contributed by atoms with E-state index in [2.05, 4.69) is 15.0 Å². The zero-order chi connectivity index (χ0) is 17.3. The SMILES string of the molecule is CC(=O)/C=C/c1c[nH]c2ncc(-c3cncc(C(C)(C)O)c3)cc12. The van der Waals surface area contributed by atoms with Gasteiger partial charge in [0.1, 0.15) is 5.65 Å². The van der Waals surface area contributed by atoms with E-state index < -0.39 is 5.60 Å². The Morgan fingerprint density at radius 2 is 1.96 bits per heavy atom. The van der Waals surface area contributed by atoms with E-state index in [1.165, 1.54) is 13.0 Å². The summed E-state index contributed by atoms with van der Waals surface area (Å²) in [5.74, 6) is -0.00413. The number of carbonyl (C=O) groups is 1. The lowest BCUT2D eigenvalue weighted by atomic mass is 9.97. The fourth-order valence-electron chi connectivity index (χ4n) is 2.46. The molecule has 0 atom stereocenters. The van der Waals surface area contributed by atoms with Gasteiger partial charge in [0, 0.05) is 52.4 Å². The van der Waals surface area contributed by atoms with Crippen molar-refractivity contribution in [2.45, 2.75) is 26.4 Å². The Bertz CT molecular complexity index is 933. The van der Waals surface area contributed by atoms with Gasteiger partial charge in [0.15, 0.2) is 5.78 Å². The predicted molar refractivity (Wildman–Crippen MR) is 94.3 cm³/mol. The van der Waals surface area contributed by atoms with Crippen molar-refractivity contribution < 1.29 is 9.90 Å². The first kappa shape index (κ1) is 16.1. The van der Waals surface area contributed by atoms with Gasteiger partial charge in [-0.3, -0.25) is 9.78 Å². The molecule has 0 fully saturated rings. The molecule has 122 valence electrons. The minimum absolute atomic E-state index is 0.00413. The lowest BCUT2D eigenvalue weighted by Crippen LogP contribution is -2.15. The van der Waals surface area contributed by atoms with Gasteiger partial charge in [0.2, 0.25) is 0 Å². The number of carbonyl (C=O) groups excluding carboxylic acids is 1. The van der Waals surface area contributed by atoms with E-state index >= 15 is 0 Å². The zero-order valence-corrected chi connectivity index (χ0v) is 13.9. The highest BCUT2D eigenvalue weighted by Gasteiger charge is 2.17. The van der Waals surface area contributed by atoms with Crippen LogP contribution in [-0.2, 0) is 10.4 Å². The van der Waals surface area contributed by atoms with Crippen LogP contribution in [-0.4, -0.2) is 25.8 Å². The number of hydrogen-bond acceptors (Lipinski definition) is 4. The van der Waals surface area contributed by atoms with Crippen molar-refractivity contribution in [3.05, 3.63) is 54.1 Å². The van der Waals surface area contributed by atoms with Gasteiger partial charge in [-0.1, -0.05) is 0 Å². The number of nitrogens with one attached hydrogen (secondary N) is 1. The number of ketones is 1. The first-order valence-electron chi connectivity index (χ1n) is 7.68. The van der Waals surface area contributed by atoms with Crippen molar-refractivity contribution >= 4 is 22.9 Å². The molecule has 0 aliphatic carbocycles. The van der Waals surface area contributed by atoms with Crippen molar-refractivity contribution in [3.63, 3.8) is 0 Å². The third-order valence-corrected chi connectivity index (χ3v) is 3.84. The summed E-state index contributed by atoms with van der Waals surface area (Å²) < 4.78 is 0. The minimum Gasteiger partial charge on any atom is -0.386 e. The molecular weight excluding hydrogens is 302 g/mol. The smallest absolute Gasteiger partial charge is 0.152 e. The highest BCUT2D eigenvalue weighted by molar-refractivity contribution is 5.96. The van der Waals surface area contributed by atoms with Gasteiger partial charge in [0.25, 0.3) is 0 Å². The Hall–Kier alpha value is -2.79. The number of nitrogens with zero attached hydrogens (tertiary/aromatic N) is 2. The maximum atomic E-state index is 11.2. The van der Waals surface area contributed by atoms with Gasteiger partial charge in [0.05, 0.1) is 5.60 Å². The van der Waals surface area contributed by atoms with E-state index in [-0.39, 0.29) is 5.78 Å². The highest BCUT2D eigenvalue weighted by atomic mass is 16.3. The maximum absolute atomic E-state index is 11.2. The third kappa shape index (κ3) is 3.26. The molecule has 3 rings (SSSR count). The third-order valence-electron chi connectivity index (χ3n) is 3.84. The zero-order valence-electron chi connectivity index (χ0n) is 13.9. The molecule has 0 bridgehead atoms. The van der Waals surface area contributed by atoms with Crippen LogP contribution in [0.5, 0.6) is 0 Å². The van der Waals surface area contributed by atoms with E-state index in [0.29, 0.717) is 0 Å². The van der Waals surface area contributed by atoms with Gasteiger partial charge in [-0.2, -0.15) is 0 Å². The molecule has 0 unspecified atom stereocenters. The quantitative estimate of drug-likeness (QED) is 0.721. The number of pyridine rings is 2. The molecule has 0 aliphatic rings.